The van der Waals surface area contributed by atoms with Crippen LogP contribution in [-0.2, 0) is 0 Å². The van der Waals surface area contributed by atoms with E-state index in [-0.39, 0.29) is 3.69 Å². The van der Waals surface area contributed by atoms with Crippen LogP contribution in [0.4, 0.5) is 4.79 Å². The SMILES string of the molecule is BC(=O)I. The lowest BCUT2D eigenvalue weighted by atomic mass is 10.2. The first kappa shape index (κ1) is 4.46. The monoisotopic (exact) mass is 168 g/mol. The van der Waals surface area contributed by atoms with Gasteiger partial charge in [-0.2, -0.15) is 0 Å². The van der Waals surface area contributed by atoms with E-state index in [0.29, 0.717) is 0 Å². The van der Waals surface area contributed by atoms with Gasteiger partial charge < -0.3 is 4.79 Å². The highest BCUT2D eigenvalue weighted by atomic mass is 127. The average molecular weight is 168 g/mol. The van der Waals surface area contributed by atoms with Gasteiger partial charge in [0.25, 0.3) is 0 Å². The molecule has 0 rings (SSSR count). The Hall–Kier alpha value is 0.465. The molecule has 3 heteroatoms. The molecule has 0 aromatic rings. The van der Waals surface area contributed by atoms with E-state index in [2.05, 4.69) is 0 Å². The minimum Gasteiger partial charge on any atom is -0.301 e. The van der Waals surface area contributed by atoms with Crippen LogP contribution < -0.4 is 0 Å². The summed E-state index contributed by atoms with van der Waals surface area (Å²) in [6, 6.07) is 0. The van der Waals surface area contributed by atoms with Crippen molar-refractivity contribution in [3.63, 3.8) is 0 Å². The summed E-state index contributed by atoms with van der Waals surface area (Å²) in [6.45, 7) is 0. The van der Waals surface area contributed by atoms with Crippen LogP contribution in [0.5, 0.6) is 0 Å². The predicted octanol–water partition coefficient (Wildman–Crippen LogP) is 0.174. The van der Waals surface area contributed by atoms with Gasteiger partial charge in [-0.05, 0) is 22.6 Å². The van der Waals surface area contributed by atoms with Gasteiger partial charge in [0.2, 0.25) is 7.85 Å². The first-order valence-corrected chi connectivity index (χ1v) is 1.97. The van der Waals surface area contributed by atoms with E-state index < -0.39 is 0 Å². The Labute approximate surface area is 39.3 Å². The Morgan fingerprint density at radius 3 is 2.00 bits per heavy atom. The summed E-state index contributed by atoms with van der Waals surface area (Å²) in [6.07, 6.45) is 0. The van der Waals surface area contributed by atoms with Gasteiger partial charge in [-0.3, -0.25) is 0 Å². The zero-order valence-corrected chi connectivity index (χ0v) is 4.44. The molecular weight excluding hydrogens is 166 g/mol. The Balaban J connectivity index is 2.80. The Bertz CT molecular complexity index is 31.0. The Kier molecular flexibility index (Phi) is 1.96. The summed E-state index contributed by atoms with van der Waals surface area (Å²) in [7, 11) is 1.51. The van der Waals surface area contributed by atoms with Crippen molar-refractivity contribution in [2.75, 3.05) is 0 Å². The van der Waals surface area contributed by atoms with Crippen LogP contribution in [0.2, 0.25) is 0 Å². The molecule has 0 N–H and O–H groups in total. The van der Waals surface area contributed by atoms with Crippen LogP contribution in [0, 0.1) is 0 Å². The highest BCUT2D eigenvalue weighted by Crippen LogP contribution is 1.75. The lowest BCUT2D eigenvalue weighted by molar-refractivity contribution is 0.277. The second-order valence-corrected chi connectivity index (χ2v) is 1.99. The summed E-state index contributed by atoms with van der Waals surface area (Å²) in [4.78, 5) is 9.43. The minimum absolute atomic E-state index is 0.137. The molecule has 0 bridgehead atoms. The van der Waals surface area contributed by atoms with E-state index in [4.69, 9.17) is 0 Å². The van der Waals surface area contributed by atoms with Crippen molar-refractivity contribution in [1.82, 2.24) is 0 Å². The molecule has 0 saturated heterocycles. The molecule has 0 atom stereocenters. The fourth-order valence-electron chi connectivity index (χ4n) is 0. The smallest absolute Gasteiger partial charge is 0.201 e. The molecule has 0 spiro atoms. The van der Waals surface area contributed by atoms with Gasteiger partial charge in [-0.15, -0.1) is 0 Å². The van der Waals surface area contributed by atoms with Crippen LogP contribution in [0.25, 0.3) is 0 Å². The number of carbonyl (C=O) groups is 1. The van der Waals surface area contributed by atoms with E-state index in [1.54, 1.807) is 22.6 Å². The molecule has 1 nitrogen and oxygen atoms in total. The molecule has 22 valence electrons. The highest BCUT2D eigenvalue weighted by Gasteiger charge is 1.67. The van der Waals surface area contributed by atoms with Crippen LogP contribution in [0.15, 0.2) is 0 Å². The number of carbonyl (C=O) groups excluding carboxylic acids is 1. The summed E-state index contributed by atoms with van der Waals surface area (Å²) in [5.74, 6) is 0. The van der Waals surface area contributed by atoms with Crippen molar-refractivity contribution in [3.05, 3.63) is 0 Å². The quantitative estimate of drug-likeness (QED) is 0.286. The Morgan fingerprint density at radius 1 is 2.00 bits per heavy atom. The van der Waals surface area contributed by atoms with Crippen LogP contribution in [-0.4, -0.2) is 11.5 Å². The summed E-state index contributed by atoms with van der Waals surface area (Å²) in [5.41, 5.74) is 0. The predicted molar refractivity (Wildman–Crippen MR) is 28.0 cm³/mol. The fraction of sp³-hybridized carbons (Fsp3) is 0. The number of rotatable bonds is 0. The largest absolute Gasteiger partial charge is 0.301 e. The number of hydrogen-bond acceptors (Lipinski definition) is 1. The van der Waals surface area contributed by atoms with E-state index in [0.717, 1.165) is 0 Å². The molecule has 0 aliphatic carbocycles. The molecule has 0 amide bonds. The van der Waals surface area contributed by atoms with Crippen molar-refractivity contribution in [2.45, 2.75) is 0 Å². The molecule has 0 aromatic carbocycles. The molecule has 0 saturated carbocycles. The Morgan fingerprint density at radius 2 is 2.00 bits per heavy atom. The maximum absolute atomic E-state index is 9.43. The molecule has 0 aliphatic rings. The molecule has 0 radical (unpaired) electrons. The van der Waals surface area contributed by atoms with Gasteiger partial charge >= 0.3 is 0 Å². The number of halogens is 1. The molecular formula is CH2BIO. The summed E-state index contributed by atoms with van der Waals surface area (Å²) in [5, 5.41) is 0. The second-order valence-electron chi connectivity index (χ2n) is 0.470. The fourth-order valence-corrected chi connectivity index (χ4v) is 0. The molecule has 0 fully saturated rings. The van der Waals surface area contributed by atoms with Crippen LogP contribution >= 0.6 is 22.6 Å². The first-order valence-electron chi connectivity index (χ1n) is 0.893. The van der Waals surface area contributed by atoms with Crippen molar-refractivity contribution in [1.29, 1.82) is 0 Å². The standard InChI is InChI=1S/CH2BIO/c2-1(3)4/h2H2. The van der Waals surface area contributed by atoms with Crippen molar-refractivity contribution in [3.8, 4) is 0 Å². The van der Waals surface area contributed by atoms with Crippen molar-refractivity contribution in [2.24, 2.45) is 0 Å². The highest BCUT2D eigenvalue weighted by molar-refractivity contribution is 14.1. The van der Waals surface area contributed by atoms with Gasteiger partial charge in [0, 0.05) is 0 Å². The zero-order valence-electron chi connectivity index (χ0n) is 2.29. The number of hydrogen-bond donors (Lipinski definition) is 0. The molecule has 0 unspecified atom stereocenters. The average Bonchev–Trinajstić information content (AvgIpc) is 0.811. The van der Waals surface area contributed by atoms with Gasteiger partial charge in [-0.25, -0.2) is 0 Å². The third-order valence-corrected chi connectivity index (χ3v) is 0. The van der Waals surface area contributed by atoms with Gasteiger partial charge in [-0.1, -0.05) is 0 Å². The maximum Gasteiger partial charge on any atom is 0.201 e. The van der Waals surface area contributed by atoms with Crippen molar-refractivity contribution < 1.29 is 4.79 Å². The topological polar surface area (TPSA) is 17.1 Å². The third kappa shape index (κ3) is 24.5. The molecule has 0 aromatic heterocycles. The van der Waals surface area contributed by atoms with E-state index in [9.17, 15) is 4.79 Å². The minimum atomic E-state index is 0.137. The van der Waals surface area contributed by atoms with Gasteiger partial charge in [0.05, 0.1) is 0 Å². The van der Waals surface area contributed by atoms with Crippen molar-refractivity contribution >= 4 is 34.1 Å². The summed E-state index contributed by atoms with van der Waals surface area (Å²) < 4.78 is 0.137. The third-order valence-electron chi connectivity index (χ3n) is 0. The van der Waals surface area contributed by atoms with Gasteiger partial charge in [0.15, 0.2) is 0 Å². The van der Waals surface area contributed by atoms with Crippen LogP contribution in [0.1, 0.15) is 0 Å². The molecule has 0 aliphatic heterocycles. The zero-order chi connectivity index (χ0) is 3.58. The normalized spacial score (nSPS) is 6.25. The second kappa shape index (κ2) is 1.75. The summed E-state index contributed by atoms with van der Waals surface area (Å²) >= 11 is 1.70. The lowest BCUT2D eigenvalue weighted by Crippen LogP contribution is -1.67. The van der Waals surface area contributed by atoms with E-state index in [1.807, 2.05) is 0 Å². The van der Waals surface area contributed by atoms with E-state index in [1.165, 1.54) is 7.85 Å². The van der Waals surface area contributed by atoms with Gasteiger partial charge in [0.1, 0.15) is 3.69 Å². The van der Waals surface area contributed by atoms with Crippen LogP contribution in [0.3, 0.4) is 0 Å². The molecule has 4 heavy (non-hydrogen) atoms. The van der Waals surface area contributed by atoms with E-state index >= 15 is 0 Å². The molecule has 0 heterocycles. The lowest BCUT2D eigenvalue weighted by Gasteiger charge is -1.52. The first-order chi connectivity index (χ1) is 1.73. The maximum atomic E-state index is 9.43.